The highest BCUT2D eigenvalue weighted by molar-refractivity contribution is 7.92. The number of nitrogens with zero attached hydrogens (tertiary/aromatic N) is 6. The number of amides is 3. The molecule has 4 aromatic rings. The molecule has 14 nitrogen and oxygen atoms in total. The van der Waals surface area contributed by atoms with Crippen LogP contribution in [0.3, 0.4) is 0 Å². The Labute approximate surface area is 314 Å². The van der Waals surface area contributed by atoms with E-state index in [1.54, 1.807) is 50.5 Å². The maximum Gasteiger partial charge on any atom is 0.329 e. The number of nitrogens with one attached hydrogen (secondary N) is 3. The van der Waals surface area contributed by atoms with E-state index in [0.717, 1.165) is 37.2 Å². The molecule has 3 N–H and O–H groups in total. The van der Waals surface area contributed by atoms with Crippen molar-refractivity contribution in [1.29, 1.82) is 0 Å². The van der Waals surface area contributed by atoms with Crippen LogP contribution in [0.15, 0.2) is 59.9 Å². The predicted octanol–water partition coefficient (Wildman–Crippen LogP) is 6.51. The number of aryl methyl sites for hydroxylation is 1. The first-order valence-corrected chi connectivity index (χ1v) is 19.6. The summed E-state index contributed by atoms with van der Waals surface area (Å²) in [5, 5.41) is 8.35. The van der Waals surface area contributed by atoms with Gasteiger partial charge in [-0.25, -0.2) is 23.2 Å². The van der Waals surface area contributed by atoms with Gasteiger partial charge in [0.2, 0.25) is 11.9 Å². The monoisotopic (exact) mass is 761 g/mol. The van der Waals surface area contributed by atoms with E-state index in [4.69, 9.17) is 16.3 Å². The second-order valence-electron chi connectivity index (χ2n) is 13.8. The van der Waals surface area contributed by atoms with E-state index in [1.807, 2.05) is 19.9 Å². The number of urea groups is 1. The smallest absolute Gasteiger partial charge is 0.329 e. The lowest BCUT2D eigenvalue weighted by Gasteiger charge is -2.33. The van der Waals surface area contributed by atoms with Crippen LogP contribution in [-0.4, -0.2) is 76.2 Å². The van der Waals surface area contributed by atoms with Crippen LogP contribution < -0.4 is 25.6 Å². The number of benzene rings is 2. The Kier molecular flexibility index (Phi) is 11.5. The molecule has 0 saturated carbocycles. The predicted molar refractivity (Wildman–Crippen MR) is 204 cm³/mol. The van der Waals surface area contributed by atoms with Gasteiger partial charge in [-0.05, 0) is 102 Å². The van der Waals surface area contributed by atoms with E-state index in [-0.39, 0.29) is 46.7 Å². The average molecular weight is 762 g/mol. The number of imide groups is 1. The largest absolute Gasteiger partial charge is 0.489 e. The Balaban J connectivity index is 1.14. The molecule has 2 aliphatic heterocycles. The number of rotatable bonds is 12. The topological polar surface area (TPSA) is 172 Å². The quantitative estimate of drug-likeness (QED) is 0.143. The zero-order valence-corrected chi connectivity index (χ0v) is 32.0. The third-order valence-electron chi connectivity index (χ3n) is 9.22. The lowest BCUT2D eigenvalue weighted by atomic mass is 9.86. The Morgan fingerprint density at radius 2 is 1.72 bits per heavy atom. The fourth-order valence-electron chi connectivity index (χ4n) is 6.41. The number of anilines is 5. The van der Waals surface area contributed by atoms with E-state index >= 15 is 0 Å². The molecule has 0 bridgehead atoms. The summed E-state index contributed by atoms with van der Waals surface area (Å²) >= 11 is 6.49. The van der Waals surface area contributed by atoms with Gasteiger partial charge in [-0.15, -0.1) is 0 Å². The van der Waals surface area contributed by atoms with E-state index < -0.39 is 21.1 Å². The number of halogens is 1. The molecule has 0 atom stereocenters. The van der Waals surface area contributed by atoms with Crippen LogP contribution in [0.1, 0.15) is 69.7 Å². The molecule has 2 fully saturated rings. The minimum Gasteiger partial charge on any atom is -0.489 e. The molecule has 53 heavy (non-hydrogen) atoms. The summed E-state index contributed by atoms with van der Waals surface area (Å²) in [4.78, 5) is 45.6. The third-order valence-corrected chi connectivity index (χ3v) is 11.7. The average Bonchev–Trinajstić information content (AvgIpc) is 3.11. The van der Waals surface area contributed by atoms with Crippen molar-refractivity contribution in [3.8, 4) is 5.75 Å². The SMILES string of the molecule is Cc1cc(Nc2ncc(Cl)c(Nc3ccccc3S(=O)(=O)C(C)C)n2)c(OC(C)C)cc1C1CCN(Cc2cnc(N3CCC(=O)NC3=O)cn2)CC1. The molecule has 0 radical (unpaired) electrons. The third kappa shape index (κ3) is 8.86. The number of hydrogen-bond acceptors (Lipinski definition) is 12. The van der Waals surface area contributed by atoms with Crippen molar-refractivity contribution >= 4 is 62.3 Å². The number of ether oxygens (including phenoxy) is 1. The fourth-order valence-corrected chi connectivity index (χ4v) is 7.75. The normalized spacial score (nSPS) is 15.9. The molecule has 3 amide bonds. The van der Waals surface area contributed by atoms with E-state index in [1.165, 1.54) is 16.7 Å². The lowest BCUT2D eigenvalue weighted by molar-refractivity contribution is -0.120. The number of carbonyl (C=O) groups is 2. The van der Waals surface area contributed by atoms with Crippen LogP contribution in [-0.2, 0) is 21.2 Å². The zero-order chi connectivity index (χ0) is 37.9. The van der Waals surface area contributed by atoms with Gasteiger partial charge in [0.1, 0.15) is 10.8 Å². The second kappa shape index (κ2) is 16.0. The molecule has 280 valence electrons. The number of para-hydroxylation sites is 1. The summed E-state index contributed by atoms with van der Waals surface area (Å²) in [6.45, 7) is 12.0. The summed E-state index contributed by atoms with van der Waals surface area (Å²) in [5.74, 6) is 1.66. The maximum absolute atomic E-state index is 13.0. The van der Waals surface area contributed by atoms with Crippen molar-refractivity contribution < 1.29 is 22.7 Å². The molecule has 2 saturated heterocycles. The summed E-state index contributed by atoms with van der Waals surface area (Å²) in [6, 6.07) is 10.3. The highest BCUT2D eigenvalue weighted by Crippen LogP contribution is 2.39. The molecule has 0 aliphatic carbocycles. The molecule has 2 aromatic heterocycles. The first-order valence-electron chi connectivity index (χ1n) is 17.6. The standard InChI is InChI=1S/C37H44ClN9O5S/c1-22(2)52-31-17-27(25-10-13-46(14-11-25)21-26-18-40-33(20-39-26)47-15-12-34(48)44-37(47)49)24(5)16-30(31)43-36-41-19-28(38)35(45-36)42-29-8-6-7-9-32(29)53(50,51)23(3)4/h6-9,16-20,22-23,25H,10-15,21H2,1-5H3,(H,44,48,49)(H2,41,42,43,45). The number of sulfone groups is 1. The molecule has 0 unspecified atom stereocenters. The van der Waals surface area contributed by atoms with Gasteiger partial charge in [0, 0.05) is 19.5 Å². The van der Waals surface area contributed by atoms with Crippen molar-refractivity contribution in [2.45, 2.75) is 82.6 Å². The van der Waals surface area contributed by atoms with Crippen molar-refractivity contribution in [2.24, 2.45) is 0 Å². The van der Waals surface area contributed by atoms with E-state index in [9.17, 15) is 18.0 Å². The fraction of sp³-hybridized carbons (Fsp3) is 0.405. The van der Waals surface area contributed by atoms with E-state index in [2.05, 4.69) is 53.8 Å². The summed E-state index contributed by atoms with van der Waals surface area (Å²) < 4.78 is 32.4. The molecular formula is C37H44ClN9O5S. The molecule has 6 rings (SSSR count). The van der Waals surface area contributed by atoms with Crippen LogP contribution in [0.25, 0.3) is 0 Å². The molecule has 4 heterocycles. The molecular weight excluding hydrogens is 718 g/mol. The summed E-state index contributed by atoms with van der Waals surface area (Å²) in [5.41, 5.74) is 4.20. The van der Waals surface area contributed by atoms with Crippen LogP contribution in [0.4, 0.5) is 33.8 Å². The Bertz CT molecular complexity index is 2090. The Morgan fingerprint density at radius 1 is 0.962 bits per heavy atom. The molecule has 16 heteroatoms. The van der Waals surface area contributed by atoms with Gasteiger partial charge in [0.05, 0.1) is 51.9 Å². The van der Waals surface area contributed by atoms with Gasteiger partial charge in [0.15, 0.2) is 21.5 Å². The number of carbonyl (C=O) groups excluding carboxylic acids is 2. The first-order chi connectivity index (χ1) is 25.3. The van der Waals surface area contributed by atoms with Gasteiger partial charge in [-0.3, -0.25) is 24.9 Å². The van der Waals surface area contributed by atoms with Crippen molar-refractivity contribution in [3.05, 3.63) is 76.8 Å². The lowest BCUT2D eigenvalue weighted by Crippen LogP contribution is -2.50. The number of aromatic nitrogens is 4. The highest BCUT2D eigenvalue weighted by Gasteiger charge is 2.27. The zero-order valence-electron chi connectivity index (χ0n) is 30.4. The first kappa shape index (κ1) is 37.9. The molecule has 0 spiro atoms. The van der Waals surface area contributed by atoms with Gasteiger partial charge < -0.3 is 15.4 Å². The number of likely N-dealkylation sites (tertiary alicyclic amines) is 1. The number of piperidine rings is 1. The second-order valence-corrected chi connectivity index (χ2v) is 16.7. The van der Waals surface area contributed by atoms with Crippen LogP contribution >= 0.6 is 11.6 Å². The summed E-state index contributed by atoms with van der Waals surface area (Å²) in [6.07, 6.45) is 6.78. The van der Waals surface area contributed by atoms with Crippen molar-refractivity contribution in [1.82, 2.24) is 30.2 Å². The van der Waals surface area contributed by atoms with Gasteiger partial charge >= 0.3 is 6.03 Å². The van der Waals surface area contributed by atoms with Gasteiger partial charge in [-0.1, -0.05) is 23.7 Å². The Morgan fingerprint density at radius 3 is 2.40 bits per heavy atom. The minimum absolute atomic E-state index is 0.0880. The summed E-state index contributed by atoms with van der Waals surface area (Å²) in [7, 11) is -3.57. The van der Waals surface area contributed by atoms with Gasteiger partial charge in [0.25, 0.3) is 0 Å². The van der Waals surface area contributed by atoms with Gasteiger partial charge in [-0.2, -0.15) is 4.98 Å². The van der Waals surface area contributed by atoms with Crippen LogP contribution in [0.2, 0.25) is 5.02 Å². The Hall–Kier alpha value is -4.86. The van der Waals surface area contributed by atoms with Crippen molar-refractivity contribution in [3.63, 3.8) is 0 Å². The minimum atomic E-state index is -3.57. The maximum atomic E-state index is 13.0. The molecule has 2 aromatic carbocycles. The van der Waals surface area contributed by atoms with Crippen molar-refractivity contribution in [2.75, 3.05) is 35.2 Å². The van der Waals surface area contributed by atoms with E-state index in [0.29, 0.717) is 35.4 Å². The van der Waals surface area contributed by atoms with Crippen LogP contribution in [0, 0.1) is 6.92 Å². The molecule has 2 aliphatic rings. The number of hydrogen-bond donors (Lipinski definition) is 3. The highest BCUT2D eigenvalue weighted by atomic mass is 35.5. The van der Waals surface area contributed by atoms with Crippen LogP contribution in [0.5, 0.6) is 5.75 Å².